The van der Waals surface area contributed by atoms with Gasteiger partial charge in [0, 0.05) is 18.3 Å². The van der Waals surface area contributed by atoms with Gasteiger partial charge in [-0.3, -0.25) is 5.32 Å². The number of nitrogen functional groups attached to an aromatic ring is 1. The molecule has 0 spiro atoms. The zero-order valence-electron chi connectivity index (χ0n) is 15.6. The highest BCUT2D eigenvalue weighted by Crippen LogP contribution is 2.28. The molecule has 3 heterocycles. The van der Waals surface area contributed by atoms with Crippen LogP contribution in [0.1, 0.15) is 12.5 Å². The number of nitrogens with zero attached hydrogens (tertiary/aromatic N) is 5. The summed E-state index contributed by atoms with van der Waals surface area (Å²) in [6.45, 7) is 5.75. The zero-order chi connectivity index (χ0) is 19.7. The van der Waals surface area contributed by atoms with Crippen LogP contribution in [-0.2, 0) is 4.84 Å². The van der Waals surface area contributed by atoms with Gasteiger partial charge < -0.3 is 15.5 Å². The Bertz CT molecular complexity index is 991. The van der Waals surface area contributed by atoms with E-state index >= 15 is 0 Å². The fraction of sp³-hybridized carbons (Fsp3) is 0.333. The topological polar surface area (TPSA) is 110 Å². The molecule has 146 valence electrons. The molecule has 2 aromatic heterocycles. The molecule has 4 rings (SSSR count). The summed E-state index contributed by atoms with van der Waals surface area (Å²) in [7, 11) is 0. The number of rotatable bonds is 3. The van der Waals surface area contributed by atoms with Gasteiger partial charge in [0.05, 0.1) is 18.6 Å². The van der Waals surface area contributed by atoms with Gasteiger partial charge in [0.1, 0.15) is 5.52 Å². The number of nitrogens with two attached hydrogens (primary N) is 1. The van der Waals surface area contributed by atoms with E-state index in [1.54, 1.807) is 10.6 Å². The molecule has 1 aliphatic rings. The van der Waals surface area contributed by atoms with E-state index < -0.39 is 6.09 Å². The minimum Gasteiger partial charge on any atom is -0.368 e. The van der Waals surface area contributed by atoms with Crippen molar-refractivity contribution in [1.82, 2.24) is 20.0 Å². The molecule has 1 amide bonds. The Labute approximate surface area is 166 Å². The summed E-state index contributed by atoms with van der Waals surface area (Å²) in [5, 5.41) is 4.40. The number of amides is 1. The summed E-state index contributed by atoms with van der Waals surface area (Å²) in [6, 6.07) is 7.61. The first-order valence-electron chi connectivity index (χ1n) is 8.93. The number of aromatic nitrogens is 3. The van der Waals surface area contributed by atoms with Crippen molar-refractivity contribution in [3.05, 3.63) is 35.3 Å². The Morgan fingerprint density at radius 2 is 2.07 bits per heavy atom. The summed E-state index contributed by atoms with van der Waals surface area (Å²) in [6.07, 6.45) is -0.502. The lowest BCUT2D eigenvalue weighted by molar-refractivity contribution is -0.103. The van der Waals surface area contributed by atoms with Crippen LogP contribution < -0.4 is 16.0 Å². The lowest BCUT2D eigenvalue weighted by Gasteiger charge is -2.39. The van der Waals surface area contributed by atoms with E-state index in [0.717, 1.165) is 21.7 Å². The van der Waals surface area contributed by atoms with Crippen molar-refractivity contribution in [2.45, 2.75) is 19.9 Å². The predicted octanol–water partition coefficient (Wildman–Crippen LogP) is 2.65. The number of nitrogens with one attached hydrogen (secondary N) is 1. The summed E-state index contributed by atoms with van der Waals surface area (Å²) >= 11 is 1.43. The first-order valence-corrected chi connectivity index (χ1v) is 9.81. The molecule has 9 nitrogen and oxygen atoms in total. The van der Waals surface area contributed by atoms with Crippen molar-refractivity contribution >= 4 is 45.2 Å². The zero-order valence-corrected chi connectivity index (χ0v) is 16.4. The van der Waals surface area contributed by atoms with Gasteiger partial charge in [-0.05, 0) is 26.0 Å². The van der Waals surface area contributed by atoms with E-state index in [2.05, 4.69) is 25.2 Å². The van der Waals surface area contributed by atoms with Crippen molar-refractivity contribution in [1.29, 1.82) is 0 Å². The monoisotopic (exact) mass is 399 g/mol. The number of carbonyl (C=O) groups excluding carboxylic acids is 1. The maximum Gasteiger partial charge on any atom is 0.430 e. The Morgan fingerprint density at radius 1 is 1.29 bits per heavy atom. The Hall–Kier alpha value is -2.98. The van der Waals surface area contributed by atoms with Crippen molar-refractivity contribution in [3.63, 3.8) is 0 Å². The van der Waals surface area contributed by atoms with Gasteiger partial charge in [-0.1, -0.05) is 17.7 Å². The Kier molecular flexibility index (Phi) is 4.97. The number of hydrogen-bond donors (Lipinski definition) is 2. The van der Waals surface area contributed by atoms with Gasteiger partial charge >= 0.3 is 6.09 Å². The largest absolute Gasteiger partial charge is 0.430 e. The van der Waals surface area contributed by atoms with Crippen LogP contribution in [0.3, 0.4) is 0 Å². The fourth-order valence-electron chi connectivity index (χ4n) is 3.18. The average Bonchev–Trinajstić information content (AvgIpc) is 3.11. The van der Waals surface area contributed by atoms with Crippen LogP contribution in [0.4, 0.5) is 22.2 Å². The molecular formula is C18H21N7O2S. The van der Waals surface area contributed by atoms with Crippen LogP contribution in [0.5, 0.6) is 0 Å². The van der Waals surface area contributed by atoms with Gasteiger partial charge in [0.2, 0.25) is 5.95 Å². The highest BCUT2D eigenvalue weighted by molar-refractivity contribution is 7.16. The maximum atomic E-state index is 12.2. The molecule has 1 unspecified atom stereocenters. The molecule has 0 radical (unpaired) electrons. The average molecular weight is 399 g/mol. The molecular weight excluding hydrogens is 378 g/mol. The van der Waals surface area contributed by atoms with Crippen LogP contribution in [0.15, 0.2) is 29.8 Å². The fourth-order valence-corrected chi connectivity index (χ4v) is 3.84. The second-order valence-corrected chi connectivity index (χ2v) is 7.54. The lowest BCUT2D eigenvalue weighted by atomic mass is 10.2. The maximum absolute atomic E-state index is 12.2. The normalized spacial score (nSPS) is 17.6. The minimum absolute atomic E-state index is 0.0557. The number of thiazole rings is 1. The highest BCUT2D eigenvalue weighted by atomic mass is 32.1. The van der Waals surface area contributed by atoms with Crippen LogP contribution >= 0.6 is 11.3 Å². The van der Waals surface area contributed by atoms with Gasteiger partial charge in [0.15, 0.2) is 10.6 Å². The van der Waals surface area contributed by atoms with Gasteiger partial charge in [-0.25, -0.2) is 14.8 Å². The number of hydrogen-bond acceptors (Lipinski definition) is 9. The third-order valence-electron chi connectivity index (χ3n) is 4.57. The van der Waals surface area contributed by atoms with Gasteiger partial charge in [-0.15, -0.1) is 16.4 Å². The number of fused-ring (bicyclic) bond motifs is 1. The third kappa shape index (κ3) is 3.82. The first-order chi connectivity index (χ1) is 13.5. The standard InChI is InChI=1S/C18H21N7O2S/c1-11-3-5-13(6-4-11)21-18(26)27-24-7-8-25(12(2)9-24)15-14-16(28-10-20-14)23-17(19)22-15/h3-6,10,12H,7-9H2,1-2H3,(H,21,26)(H2,19,22,23). The summed E-state index contributed by atoms with van der Waals surface area (Å²) in [5.74, 6) is 0.954. The van der Waals surface area contributed by atoms with Crippen molar-refractivity contribution < 1.29 is 9.63 Å². The van der Waals surface area contributed by atoms with E-state index in [1.165, 1.54) is 11.3 Å². The highest BCUT2D eigenvalue weighted by Gasteiger charge is 2.29. The molecule has 28 heavy (non-hydrogen) atoms. The van der Waals surface area contributed by atoms with E-state index in [0.29, 0.717) is 25.3 Å². The quantitative estimate of drug-likeness (QED) is 0.692. The molecule has 1 fully saturated rings. The minimum atomic E-state index is -0.502. The Balaban J connectivity index is 1.40. The molecule has 3 N–H and O–H groups in total. The first kappa shape index (κ1) is 18.4. The number of piperazine rings is 1. The predicted molar refractivity (Wildman–Crippen MR) is 109 cm³/mol. The van der Waals surface area contributed by atoms with Gasteiger partial charge in [-0.2, -0.15) is 4.98 Å². The SMILES string of the molecule is Cc1ccc(NC(=O)ON2CCN(c3nc(N)nc4scnc34)C(C)C2)cc1. The molecule has 3 aromatic rings. The molecule has 1 saturated heterocycles. The second kappa shape index (κ2) is 7.56. The molecule has 1 atom stereocenters. The van der Waals surface area contributed by atoms with Crippen LogP contribution in [0.2, 0.25) is 0 Å². The molecule has 1 aliphatic heterocycles. The van der Waals surface area contributed by atoms with Crippen LogP contribution in [0, 0.1) is 6.92 Å². The van der Waals surface area contributed by atoms with Gasteiger partial charge in [0.25, 0.3) is 0 Å². The third-order valence-corrected chi connectivity index (χ3v) is 5.29. The van der Waals surface area contributed by atoms with E-state index in [9.17, 15) is 4.79 Å². The van der Waals surface area contributed by atoms with E-state index in [4.69, 9.17) is 10.6 Å². The molecule has 0 aliphatic carbocycles. The van der Waals surface area contributed by atoms with Crippen LogP contribution in [0.25, 0.3) is 10.3 Å². The number of aryl methyl sites for hydroxylation is 1. The number of hydroxylamine groups is 2. The van der Waals surface area contributed by atoms with Crippen molar-refractivity contribution in [3.8, 4) is 0 Å². The van der Waals surface area contributed by atoms with Crippen LogP contribution in [-0.4, -0.2) is 51.8 Å². The molecule has 10 heteroatoms. The summed E-state index contributed by atoms with van der Waals surface area (Å²) < 4.78 is 0. The molecule has 0 saturated carbocycles. The number of anilines is 3. The summed E-state index contributed by atoms with van der Waals surface area (Å²) in [5.41, 5.74) is 10.2. The second-order valence-electron chi connectivity index (χ2n) is 6.71. The number of benzene rings is 1. The smallest absolute Gasteiger partial charge is 0.368 e. The number of carbonyl (C=O) groups is 1. The Morgan fingerprint density at radius 3 is 2.82 bits per heavy atom. The van der Waals surface area contributed by atoms with E-state index in [1.807, 2.05) is 38.1 Å². The van der Waals surface area contributed by atoms with Crippen molar-refractivity contribution in [2.75, 3.05) is 35.6 Å². The molecule has 0 bridgehead atoms. The lowest BCUT2D eigenvalue weighted by Crippen LogP contribution is -2.53. The van der Waals surface area contributed by atoms with Crippen molar-refractivity contribution in [2.24, 2.45) is 0 Å². The van der Waals surface area contributed by atoms with E-state index in [-0.39, 0.29) is 12.0 Å². The molecule has 1 aromatic carbocycles. The summed E-state index contributed by atoms with van der Waals surface area (Å²) in [4.78, 5) is 33.5.